The second-order valence-corrected chi connectivity index (χ2v) is 3.30. The van der Waals surface area contributed by atoms with Gasteiger partial charge in [0.25, 0.3) is 0 Å². The van der Waals surface area contributed by atoms with Crippen molar-refractivity contribution in [2.75, 3.05) is 0 Å². The number of aromatic hydroxyl groups is 1. The van der Waals surface area contributed by atoms with Crippen molar-refractivity contribution in [2.45, 2.75) is 26.3 Å². The fourth-order valence-corrected chi connectivity index (χ4v) is 1.22. The average molecular weight is 246 g/mol. The zero-order chi connectivity index (χ0) is 9.14. The summed E-state index contributed by atoms with van der Waals surface area (Å²) in [7, 11) is 0. The molecule has 0 fully saturated rings. The van der Waals surface area contributed by atoms with Gasteiger partial charge in [-0.1, -0.05) is 12.1 Å². The van der Waals surface area contributed by atoms with E-state index in [1.807, 2.05) is 26.0 Å². The van der Waals surface area contributed by atoms with Gasteiger partial charge in [0.05, 0.1) is 0 Å². The van der Waals surface area contributed by atoms with E-state index in [1.165, 1.54) is 5.56 Å². The van der Waals surface area contributed by atoms with Gasteiger partial charge < -0.3 is 10.8 Å². The van der Waals surface area contributed by atoms with Crippen molar-refractivity contribution >= 4 is 17.0 Å². The summed E-state index contributed by atoms with van der Waals surface area (Å²) in [5, 5.41) is 9.25. The molecule has 0 bridgehead atoms. The Morgan fingerprint density at radius 2 is 2.08 bits per heavy atom. The lowest BCUT2D eigenvalue weighted by Crippen LogP contribution is -2.17. The van der Waals surface area contributed by atoms with E-state index in [2.05, 4.69) is 0 Å². The molecule has 0 amide bonds. The summed E-state index contributed by atoms with van der Waals surface area (Å²) in [5.74, 6) is 0.350. The maximum absolute atomic E-state index is 9.25. The molecule has 1 rings (SSSR count). The molecule has 3 N–H and O–H groups in total. The average Bonchev–Trinajstić information content (AvgIpc) is 1.96. The molecule has 0 saturated carbocycles. The van der Waals surface area contributed by atoms with Crippen molar-refractivity contribution in [2.24, 2.45) is 5.73 Å². The van der Waals surface area contributed by atoms with Crippen LogP contribution in [-0.4, -0.2) is 11.1 Å². The minimum atomic E-state index is 0. The van der Waals surface area contributed by atoms with Crippen LogP contribution in [0.2, 0.25) is 0 Å². The molecule has 0 radical (unpaired) electrons. The molecule has 0 saturated heterocycles. The zero-order valence-electron chi connectivity index (χ0n) is 7.95. The molecule has 1 atom stereocenters. The highest BCUT2D eigenvalue weighted by Crippen LogP contribution is 2.17. The van der Waals surface area contributed by atoms with Gasteiger partial charge in [0.2, 0.25) is 0 Å². The van der Waals surface area contributed by atoms with E-state index in [0.29, 0.717) is 5.75 Å². The molecule has 1 unspecified atom stereocenters. The zero-order valence-corrected chi connectivity index (χ0v) is 9.66. The Balaban J connectivity index is 0.00000144. The van der Waals surface area contributed by atoms with Crippen LogP contribution in [0.3, 0.4) is 0 Å². The van der Waals surface area contributed by atoms with E-state index in [-0.39, 0.29) is 23.0 Å². The summed E-state index contributed by atoms with van der Waals surface area (Å²) in [6, 6.07) is 5.77. The van der Waals surface area contributed by atoms with Crippen molar-refractivity contribution in [3.05, 3.63) is 29.3 Å². The quantitative estimate of drug-likeness (QED) is 0.840. The maximum Gasteiger partial charge on any atom is 0.118 e. The highest BCUT2D eigenvalue weighted by Gasteiger charge is 2.00. The molecule has 0 aliphatic carbocycles. The lowest BCUT2D eigenvalue weighted by atomic mass is 10.0. The second kappa shape index (κ2) is 5.25. The SMILES string of the molecule is Br.Cc1cc(CC(C)N)ccc1O. The first-order chi connectivity index (χ1) is 5.59. The second-order valence-electron chi connectivity index (χ2n) is 3.30. The normalized spacial score (nSPS) is 11.9. The number of phenols is 1. The maximum atomic E-state index is 9.25. The van der Waals surface area contributed by atoms with Crippen LogP contribution < -0.4 is 5.73 Å². The molecule has 0 spiro atoms. The Labute approximate surface area is 89.5 Å². The first-order valence-electron chi connectivity index (χ1n) is 4.13. The Bertz CT molecular complexity index is 274. The molecular weight excluding hydrogens is 230 g/mol. The number of hydrogen-bond donors (Lipinski definition) is 2. The first-order valence-corrected chi connectivity index (χ1v) is 4.13. The molecular formula is C10H16BrNO. The third-order valence-corrected chi connectivity index (χ3v) is 1.82. The van der Waals surface area contributed by atoms with Gasteiger partial charge in [-0.3, -0.25) is 0 Å². The lowest BCUT2D eigenvalue weighted by Gasteiger charge is -2.06. The molecule has 74 valence electrons. The van der Waals surface area contributed by atoms with Crippen LogP contribution in [0.4, 0.5) is 0 Å². The van der Waals surface area contributed by atoms with Crippen LogP contribution in [0.5, 0.6) is 5.75 Å². The highest BCUT2D eigenvalue weighted by atomic mass is 79.9. The van der Waals surface area contributed by atoms with Crippen LogP contribution in [0, 0.1) is 6.92 Å². The summed E-state index contributed by atoms with van der Waals surface area (Å²) in [4.78, 5) is 0. The predicted molar refractivity (Wildman–Crippen MR) is 60.5 cm³/mol. The van der Waals surface area contributed by atoms with Crippen molar-refractivity contribution < 1.29 is 5.11 Å². The Morgan fingerprint density at radius 3 is 2.54 bits per heavy atom. The summed E-state index contributed by atoms with van der Waals surface area (Å²) < 4.78 is 0. The highest BCUT2D eigenvalue weighted by molar-refractivity contribution is 8.93. The molecule has 0 aliphatic heterocycles. The number of aryl methyl sites for hydroxylation is 1. The van der Waals surface area contributed by atoms with Gasteiger partial charge in [-0.05, 0) is 37.5 Å². The number of benzene rings is 1. The van der Waals surface area contributed by atoms with Gasteiger partial charge in [0.1, 0.15) is 5.75 Å². The minimum Gasteiger partial charge on any atom is -0.508 e. The summed E-state index contributed by atoms with van der Waals surface area (Å²) >= 11 is 0. The topological polar surface area (TPSA) is 46.2 Å². The van der Waals surface area contributed by atoms with E-state index in [0.717, 1.165) is 12.0 Å². The fourth-order valence-electron chi connectivity index (χ4n) is 1.22. The van der Waals surface area contributed by atoms with Crippen molar-refractivity contribution in [3.8, 4) is 5.75 Å². The largest absolute Gasteiger partial charge is 0.508 e. The van der Waals surface area contributed by atoms with Crippen LogP contribution >= 0.6 is 17.0 Å². The Kier molecular flexibility index (Phi) is 5.03. The van der Waals surface area contributed by atoms with Crippen molar-refractivity contribution in [3.63, 3.8) is 0 Å². The fraction of sp³-hybridized carbons (Fsp3) is 0.400. The molecule has 13 heavy (non-hydrogen) atoms. The third-order valence-electron chi connectivity index (χ3n) is 1.82. The molecule has 2 nitrogen and oxygen atoms in total. The Morgan fingerprint density at radius 1 is 1.46 bits per heavy atom. The van der Waals surface area contributed by atoms with Gasteiger partial charge in [-0.15, -0.1) is 17.0 Å². The van der Waals surface area contributed by atoms with Gasteiger partial charge >= 0.3 is 0 Å². The summed E-state index contributed by atoms with van der Waals surface area (Å²) in [5.41, 5.74) is 7.74. The molecule has 0 heterocycles. The summed E-state index contributed by atoms with van der Waals surface area (Å²) in [6.07, 6.45) is 0.862. The van der Waals surface area contributed by atoms with Gasteiger partial charge in [-0.25, -0.2) is 0 Å². The van der Waals surface area contributed by atoms with Gasteiger partial charge in [0.15, 0.2) is 0 Å². The van der Waals surface area contributed by atoms with E-state index >= 15 is 0 Å². The summed E-state index contributed by atoms with van der Waals surface area (Å²) in [6.45, 7) is 3.86. The number of halogens is 1. The van der Waals surface area contributed by atoms with Gasteiger partial charge in [0, 0.05) is 6.04 Å². The lowest BCUT2D eigenvalue weighted by molar-refractivity contribution is 0.470. The number of nitrogens with two attached hydrogens (primary N) is 1. The van der Waals surface area contributed by atoms with Crippen LogP contribution in [0.15, 0.2) is 18.2 Å². The number of rotatable bonds is 2. The van der Waals surface area contributed by atoms with Gasteiger partial charge in [-0.2, -0.15) is 0 Å². The monoisotopic (exact) mass is 245 g/mol. The van der Waals surface area contributed by atoms with E-state index in [9.17, 15) is 5.11 Å². The molecule has 1 aromatic carbocycles. The van der Waals surface area contributed by atoms with Crippen molar-refractivity contribution in [1.29, 1.82) is 0 Å². The van der Waals surface area contributed by atoms with Crippen LogP contribution in [0.1, 0.15) is 18.1 Å². The standard InChI is InChI=1S/C10H15NO.BrH/c1-7-5-9(6-8(2)11)3-4-10(7)12;/h3-5,8,12H,6,11H2,1-2H3;1H. The van der Waals surface area contributed by atoms with E-state index < -0.39 is 0 Å². The molecule has 0 aliphatic rings. The van der Waals surface area contributed by atoms with Crippen molar-refractivity contribution in [1.82, 2.24) is 0 Å². The molecule has 1 aromatic rings. The van der Waals surface area contributed by atoms with E-state index in [4.69, 9.17) is 5.73 Å². The van der Waals surface area contributed by atoms with Crippen LogP contribution in [0.25, 0.3) is 0 Å². The molecule has 0 aromatic heterocycles. The Hall–Kier alpha value is -0.540. The number of hydrogen-bond acceptors (Lipinski definition) is 2. The first kappa shape index (κ1) is 12.5. The smallest absolute Gasteiger partial charge is 0.118 e. The van der Waals surface area contributed by atoms with E-state index in [1.54, 1.807) is 6.07 Å². The minimum absolute atomic E-state index is 0. The predicted octanol–water partition coefficient (Wildman–Crippen LogP) is 2.17. The third kappa shape index (κ3) is 3.79. The molecule has 3 heteroatoms. The number of phenolic OH excluding ortho intramolecular Hbond substituents is 1. The van der Waals surface area contributed by atoms with Crippen LogP contribution in [-0.2, 0) is 6.42 Å².